The number of aryl methyl sites for hydroxylation is 1. The van der Waals surface area contributed by atoms with Gasteiger partial charge >= 0.3 is 6.01 Å². The van der Waals surface area contributed by atoms with E-state index in [1.165, 1.54) is 0 Å². The molecule has 1 aromatic carbocycles. The Hall–Kier alpha value is -3.16. The van der Waals surface area contributed by atoms with E-state index in [1.54, 1.807) is 37.2 Å². The van der Waals surface area contributed by atoms with Gasteiger partial charge in [0.1, 0.15) is 11.4 Å². The Morgan fingerprint density at radius 3 is 2.96 bits per heavy atom. The molecule has 2 heterocycles. The summed E-state index contributed by atoms with van der Waals surface area (Å²) in [5.41, 5.74) is 1.37. The molecule has 3 aromatic rings. The Balaban J connectivity index is 1.65. The summed E-state index contributed by atoms with van der Waals surface area (Å²) in [5.74, 6) is 0.697. The maximum absolute atomic E-state index is 12.0. The van der Waals surface area contributed by atoms with E-state index >= 15 is 0 Å². The van der Waals surface area contributed by atoms with E-state index in [4.69, 9.17) is 9.15 Å². The number of amides is 1. The number of anilines is 1. The molecule has 1 amide bonds. The Morgan fingerprint density at radius 1 is 1.35 bits per heavy atom. The van der Waals surface area contributed by atoms with Crippen LogP contribution in [0.4, 0.5) is 6.01 Å². The number of carbonyl (C=O) groups is 1. The number of nitrogens with zero attached hydrogens (tertiary/aromatic N) is 4. The number of rotatable bonds is 5. The van der Waals surface area contributed by atoms with Crippen molar-refractivity contribution >= 4 is 11.9 Å². The Kier molecular flexibility index (Phi) is 4.05. The third-order valence-electron chi connectivity index (χ3n) is 3.10. The lowest BCUT2D eigenvalue weighted by Crippen LogP contribution is -2.14. The minimum absolute atomic E-state index is 0.0403. The monoisotopic (exact) mass is 313 g/mol. The van der Waals surface area contributed by atoms with Gasteiger partial charge in [0.05, 0.1) is 13.5 Å². The van der Waals surface area contributed by atoms with Crippen molar-refractivity contribution in [3.8, 4) is 17.3 Å². The first-order chi connectivity index (χ1) is 11.1. The molecule has 0 aliphatic carbocycles. The molecule has 1 N–H and O–H groups in total. The first-order valence-electron chi connectivity index (χ1n) is 6.90. The number of benzene rings is 1. The summed E-state index contributed by atoms with van der Waals surface area (Å²) in [6, 6.07) is 9.07. The zero-order valence-corrected chi connectivity index (χ0v) is 12.7. The predicted molar refractivity (Wildman–Crippen MR) is 81.8 cm³/mol. The van der Waals surface area contributed by atoms with Crippen molar-refractivity contribution < 1.29 is 13.9 Å². The quantitative estimate of drug-likeness (QED) is 0.769. The molecule has 8 nitrogen and oxygen atoms in total. The second-order valence-electron chi connectivity index (χ2n) is 4.86. The Labute approximate surface area is 132 Å². The van der Waals surface area contributed by atoms with E-state index in [-0.39, 0.29) is 24.2 Å². The van der Waals surface area contributed by atoms with E-state index in [0.717, 1.165) is 5.56 Å². The molecule has 0 bridgehead atoms. The molecule has 0 aliphatic rings. The second-order valence-corrected chi connectivity index (χ2v) is 4.86. The van der Waals surface area contributed by atoms with Crippen LogP contribution in [0.15, 0.2) is 40.9 Å². The molecule has 23 heavy (non-hydrogen) atoms. The van der Waals surface area contributed by atoms with Gasteiger partial charge in [0.2, 0.25) is 5.91 Å². The number of hydrogen-bond donors (Lipinski definition) is 1. The van der Waals surface area contributed by atoms with Crippen LogP contribution in [0.2, 0.25) is 0 Å². The summed E-state index contributed by atoms with van der Waals surface area (Å²) in [5, 5.41) is 14.4. The average Bonchev–Trinajstić information content (AvgIpc) is 3.16. The van der Waals surface area contributed by atoms with Crippen LogP contribution >= 0.6 is 0 Å². The standard InChI is InChI=1S/C15H15N5O3/c1-20-7-6-12(19-20)14-17-18-15(23-14)16-13(21)9-10-4-3-5-11(8-10)22-2/h3-8H,9H2,1-2H3,(H,16,18,21). The van der Waals surface area contributed by atoms with Gasteiger partial charge in [-0.2, -0.15) is 5.10 Å². The number of hydrogen-bond acceptors (Lipinski definition) is 6. The minimum atomic E-state index is -0.255. The van der Waals surface area contributed by atoms with E-state index in [1.807, 2.05) is 18.2 Å². The molecule has 0 atom stereocenters. The van der Waals surface area contributed by atoms with Crippen LogP contribution in [-0.4, -0.2) is 33.0 Å². The minimum Gasteiger partial charge on any atom is -0.497 e. The van der Waals surface area contributed by atoms with E-state index in [9.17, 15) is 4.79 Å². The predicted octanol–water partition coefficient (Wildman–Crippen LogP) is 1.66. The van der Waals surface area contributed by atoms with Crippen molar-refractivity contribution in [1.82, 2.24) is 20.0 Å². The fraction of sp³-hybridized carbons (Fsp3) is 0.200. The van der Waals surface area contributed by atoms with Crippen molar-refractivity contribution in [3.05, 3.63) is 42.1 Å². The lowest BCUT2D eigenvalue weighted by Gasteiger charge is -2.03. The highest BCUT2D eigenvalue weighted by molar-refractivity contribution is 5.90. The fourth-order valence-corrected chi connectivity index (χ4v) is 2.04. The van der Waals surface area contributed by atoms with Crippen molar-refractivity contribution in [2.75, 3.05) is 12.4 Å². The molecule has 0 saturated heterocycles. The van der Waals surface area contributed by atoms with Crippen molar-refractivity contribution in [3.63, 3.8) is 0 Å². The maximum atomic E-state index is 12.0. The summed E-state index contributed by atoms with van der Waals surface area (Å²) in [4.78, 5) is 12.0. The second kappa shape index (κ2) is 6.30. The largest absolute Gasteiger partial charge is 0.497 e. The summed E-state index contributed by atoms with van der Waals surface area (Å²) in [6.45, 7) is 0. The number of methoxy groups -OCH3 is 1. The van der Waals surface area contributed by atoms with Gasteiger partial charge in [0.25, 0.3) is 5.89 Å². The van der Waals surface area contributed by atoms with Crippen LogP contribution in [0.5, 0.6) is 5.75 Å². The number of nitrogens with one attached hydrogen (secondary N) is 1. The molecule has 0 aliphatic heterocycles. The van der Waals surface area contributed by atoms with Crippen LogP contribution in [0.3, 0.4) is 0 Å². The lowest BCUT2D eigenvalue weighted by molar-refractivity contribution is -0.115. The van der Waals surface area contributed by atoms with Gasteiger partial charge in [0.15, 0.2) is 0 Å². The van der Waals surface area contributed by atoms with E-state index in [0.29, 0.717) is 11.4 Å². The maximum Gasteiger partial charge on any atom is 0.322 e. The summed E-state index contributed by atoms with van der Waals surface area (Å²) >= 11 is 0. The molecular weight excluding hydrogens is 298 g/mol. The average molecular weight is 313 g/mol. The third kappa shape index (κ3) is 3.54. The SMILES string of the molecule is COc1cccc(CC(=O)Nc2nnc(-c3ccn(C)n3)o2)c1. The zero-order chi connectivity index (χ0) is 16.2. The normalized spacial score (nSPS) is 10.5. The number of carbonyl (C=O) groups excluding carboxylic acids is 1. The smallest absolute Gasteiger partial charge is 0.322 e. The zero-order valence-electron chi connectivity index (χ0n) is 12.7. The van der Waals surface area contributed by atoms with E-state index < -0.39 is 0 Å². The molecule has 118 valence electrons. The van der Waals surface area contributed by atoms with Gasteiger partial charge in [-0.05, 0) is 23.8 Å². The number of ether oxygens (including phenoxy) is 1. The van der Waals surface area contributed by atoms with Gasteiger partial charge < -0.3 is 9.15 Å². The molecule has 0 saturated carbocycles. The molecule has 0 fully saturated rings. The van der Waals surface area contributed by atoms with Crippen LogP contribution in [0, 0.1) is 0 Å². The van der Waals surface area contributed by atoms with Crippen molar-refractivity contribution in [1.29, 1.82) is 0 Å². The van der Waals surface area contributed by atoms with Gasteiger partial charge in [0, 0.05) is 13.2 Å². The highest BCUT2D eigenvalue weighted by Gasteiger charge is 2.13. The van der Waals surface area contributed by atoms with E-state index in [2.05, 4.69) is 20.6 Å². The highest BCUT2D eigenvalue weighted by Crippen LogP contribution is 2.18. The Bertz CT molecular complexity index is 824. The van der Waals surface area contributed by atoms with Crippen LogP contribution < -0.4 is 10.1 Å². The molecule has 0 radical (unpaired) electrons. The Morgan fingerprint density at radius 2 is 2.22 bits per heavy atom. The molecule has 8 heteroatoms. The van der Waals surface area contributed by atoms with Crippen LogP contribution in [0.25, 0.3) is 11.6 Å². The van der Waals surface area contributed by atoms with Gasteiger partial charge in [-0.1, -0.05) is 17.2 Å². The summed E-state index contributed by atoms with van der Waals surface area (Å²) in [6.07, 6.45) is 1.94. The molecule has 0 unspecified atom stereocenters. The lowest BCUT2D eigenvalue weighted by atomic mass is 10.1. The summed E-state index contributed by atoms with van der Waals surface area (Å²) < 4.78 is 12.1. The van der Waals surface area contributed by atoms with Gasteiger partial charge in [-0.15, -0.1) is 5.10 Å². The van der Waals surface area contributed by atoms with Crippen LogP contribution in [-0.2, 0) is 18.3 Å². The highest BCUT2D eigenvalue weighted by atomic mass is 16.5. The van der Waals surface area contributed by atoms with Crippen molar-refractivity contribution in [2.45, 2.75) is 6.42 Å². The molecule has 0 spiro atoms. The fourth-order valence-electron chi connectivity index (χ4n) is 2.04. The topological polar surface area (TPSA) is 95.1 Å². The molecule has 2 aromatic heterocycles. The van der Waals surface area contributed by atoms with Crippen molar-refractivity contribution in [2.24, 2.45) is 7.05 Å². The van der Waals surface area contributed by atoms with Gasteiger partial charge in [-0.25, -0.2) is 0 Å². The first kappa shape index (κ1) is 14.8. The first-order valence-corrected chi connectivity index (χ1v) is 6.90. The number of aromatic nitrogens is 4. The molecule has 3 rings (SSSR count). The molecular formula is C15H15N5O3. The summed E-state index contributed by atoms with van der Waals surface area (Å²) in [7, 11) is 3.37. The van der Waals surface area contributed by atoms with Crippen LogP contribution in [0.1, 0.15) is 5.56 Å². The third-order valence-corrected chi connectivity index (χ3v) is 3.10. The van der Waals surface area contributed by atoms with Gasteiger partial charge in [-0.3, -0.25) is 14.8 Å².